The molecule has 1 aromatic heterocycles. The fourth-order valence-corrected chi connectivity index (χ4v) is 3.78. The summed E-state index contributed by atoms with van der Waals surface area (Å²) in [4.78, 5) is 28.2. The van der Waals surface area contributed by atoms with Gasteiger partial charge in [-0.15, -0.1) is 0 Å². The number of carbonyl (C=O) groups is 1. The molecule has 0 fully saturated rings. The van der Waals surface area contributed by atoms with Crippen LogP contribution in [-0.2, 0) is 11.8 Å². The Bertz CT molecular complexity index is 1280. The molecule has 0 aliphatic carbocycles. The summed E-state index contributed by atoms with van der Waals surface area (Å²) in [7, 11) is 1.54. The molecule has 3 aromatic carbocycles. The monoisotopic (exact) mass is 442 g/mol. The van der Waals surface area contributed by atoms with E-state index in [1.807, 2.05) is 60.7 Å². The smallest absolute Gasteiger partial charge is 0.325 e. The highest BCUT2D eigenvalue weighted by Gasteiger charge is 2.28. The van der Waals surface area contributed by atoms with Gasteiger partial charge in [-0.1, -0.05) is 60.7 Å². The number of hydrogen-bond acceptors (Lipinski definition) is 4. The maximum atomic E-state index is 14.8. The first-order chi connectivity index (χ1) is 15.9. The van der Waals surface area contributed by atoms with Crippen molar-refractivity contribution in [2.45, 2.75) is 12.0 Å². The summed E-state index contributed by atoms with van der Waals surface area (Å²) in [6.45, 7) is 0. The van der Waals surface area contributed by atoms with Crippen molar-refractivity contribution < 1.29 is 9.18 Å². The number of nitrogens with one attached hydrogen (secondary N) is 1. The van der Waals surface area contributed by atoms with Crippen LogP contribution in [-0.4, -0.2) is 21.5 Å². The van der Waals surface area contributed by atoms with Crippen molar-refractivity contribution in [3.05, 3.63) is 119 Å². The van der Waals surface area contributed by atoms with E-state index in [4.69, 9.17) is 5.73 Å². The highest BCUT2D eigenvalue weighted by atomic mass is 19.1. The summed E-state index contributed by atoms with van der Waals surface area (Å²) in [5.41, 5.74) is 8.83. The molecule has 4 aromatic rings. The normalized spacial score (nSPS) is 11.9. The van der Waals surface area contributed by atoms with Crippen LogP contribution in [0.4, 0.5) is 10.1 Å². The molecule has 1 atom stereocenters. The van der Waals surface area contributed by atoms with Gasteiger partial charge in [-0.3, -0.25) is 4.79 Å². The first-order valence-electron chi connectivity index (χ1n) is 10.4. The van der Waals surface area contributed by atoms with Crippen LogP contribution in [0.15, 0.2) is 96.1 Å². The molecule has 7 heteroatoms. The Hall–Kier alpha value is -4.10. The van der Waals surface area contributed by atoms with Crippen molar-refractivity contribution in [3.63, 3.8) is 0 Å². The molecule has 4 rings (SSSR count). The second kappa shape index (κ2) is 9.58. The first-order valence-corrected chi connectivity index (χ1v) is 10.4. The van der Waals surface area contributed by atoms with Crippen LogP contribution >= 0.6 is 0 Å². The van der Waals surface area contributed by atoms with E-state index < -0.39 is 23.5 Å². The number of aryl methyl sites for hydroxylation is 1. The summed E-state index contributed by atoms with van der Waals surface area (Å²) < 4.78 is 16.1. The van der Waals surface area contributed by atoms with Crippen LogP contribution in [0.3, 0.4) is 0 Å². The zero-order valence-corrected chi connectivity index (χ0v) is 18.0. The average molecular weight is 442 g/mol. The third-order valence-electron chi connectivity index (χ3n) is 5.48. The SMILES string of the molecule is Cn1cc(-c2ccc(NC(=O)[C@@H](N)C(c3ccccc3)c3ccccc3)cc2F)cnc1=O. The zero-order valence-electron chi connectivity index (χ0n) is 18.0. The van der Waals surface area contributed by atoms with Crippen molar-refractivity contribution in [1.29, 1.82) is 0 Å². The maximum absolute atomic E-state index is 14.8. The van der Waals surface area contributed by atoms with Gasteiger partial charge in [0, 0.05) is 42.2 Å². The minimum Gasteiger partial charge on any atom is -0.325 e. The Balaban J connectivity index is 1.58. The van der Waals surface area contributed by atoms with E-state index in [1.54, 1.807) is 13.1 Å². The number of rotatable bonds is 6. The lowest BCUT2D eigenvalue weighted by molar-refractivity contribution is -0.117. The van der Waals surface area contributed by atoms with Crippen molar-refractivity contribution in [2.75, 3.05) is 5.32 Å². The van der Waals surface area contributed by atoms with Crippen LogP contribution in [0.2, 0.25) is 0 Å². The van der Waals surface area contributed by atoms with Gasteiger partial charge in [0.15, 0.2) is 0 Å². The summed E-state index contributed by atoms with van der Waals surface area (Å²) in [6.07, 6.45) is 2.82. The van der Waals surface area contributed by atoms with Gasteiger partial charge in [-0.05, 0) is 29.3 Å². The molecule has 0 bridgehead atoms. The summed E-state index contributed by atoms with van der Waals surface area (Å²) >= 11 is 0. The molecule has 33 heavy (non-hydrogen) atoms. The highest BCUT2D eigenvalue weighted by Crippen LogP contribution is 2.29. The van der Waals surface area contributed by atoms with E-state index in [0.717, 1.165) is 11.1 Å². The van der Waals surface area contributed by atoms with Gasteiger partial charge in [0.1, 0.15) is 5.82 Å². The second-order valence-electron chi connectivity index (χ2n) is 7.74. The topological polar surface area (TPSA) is 90.0 Å². The molecule has 0 spiro atoms. The van der Waals surface area contributed by atoms with E-state index >= 15 is 0 Å². The molecule has 0 radical (unpaired) electrons. The Morgan fingerprint density at radius 2 is 1.61 bits per heavy atom. The molecule has 1 amide bonds. The lowest BCUT2D eigenvalue weighted by Crippen LogP contribution is -2.41. The number of nitrogens with zero attached hydrogens (tertiary/aromatic N) is 2. The lowest BCUT2D eigenvalue weighted by atomic mass is 9.85. The Morgan fingerprint density at radius 3 is 2.15 bits per heavy atom. The van der Waals surface area contributed by atoms with E-state index in [1.165, 1.54) is 29.1 Å². The summed E-state index contributed by atoms with van der Waals surface area (Å²) in [5.74, 6) is -1.35. The van der Waals surface area contributed by atoms with E-state index in [-0.39, 0.29) is 17.2 Å². The van der Waals surface area contributed by atoms with Gasteiger partial charge < -0.3 is 15.6 Å². The first kappa shape index (κ1) is 22.1. The number of benzene rings is 3. The van der Waals surface area contributed by atoms with Crippen molar-refractivity contribution in [2.24, 2.45) is 12.8 Å². The van der Waals surface area contributed by atoms with Gasteiger partial charge in [0.2, 0.25) is 5.91 Å². The summed E-state index contributed by atoms with van der Waals surface area (Å²) in [5, 5.41) is 2.73. The number of hydrogen-bond donors (Lipinski definition) is 2. The van der Waals surface area contributed by atoms with Crippen molar-refractivity contribution in [3.8, 4) is 11.1 Å². The molecule has 3 N–H and O–H groups in total. The standard InChI is InChI=1S/C26H23FN4O2/c1-31-16-19(15-29-26(31)33)21-13-12-20(14-22(21)27)30-25(32)24(28)23(17-8-4-2-5-9-17)18-10-6-3-7-11-18/h2-16,23-24H,28H2,1H3,(H,30,32)/t24-/m0/s1. The highest BCUT2D eigenvalue weighted by molar-refractivity contribution is 5.96. The fraction of sp³-hybridized carbons (Fsp3) is 0.115. The fourth-order valence-electron chi connectivity index (χ4n) is 3.78. The predicted octanol–water partition coefficient (Wildman–Crippen LogP) is 3.68. The zero-order chi connectivity index (χ0) is 23.4. The Kier molecular flexibility index (Phi) is 6.42. The minimum absolute atomic E-state index is 0.270. The quantitative estimate of drug-likeness (QED) is 0.477. The van der Waals surface area contributed by atoms with Gasteiger partial charge >= 0.3 is 5.69 Å². The molecule has 166 valence electrons. The molecule has 0 unspecified atom stereocenters. The largest absolute Gasteiger partial charge is 0.347 e. The number of aromatic nitrogens is 2. The van der Waals surface area contributed by atoms with E-state index in [2.05, 4.69) is 10.3 Å². The molecule has 0 aliphatic heterocycles. The molecule has 1 heterocycles. The third kappa shape index (κ3) is 4.88. The molecule has 0 saturated carbocycles. The Morgan fingerprint density at radius 1 is 1.00 bits per heavy atom. The molecular weight excluding hydrogens is 419 g/mol. The predicted molar refractivity (Wildman–Crippen MR) is 126 cm³/mol. The van der Waals surface area contributed by atoms with Crippen LogP contribution in [0.25, 0.3) is 11.1 Å². The van der Waals surface area contributed by atoms with Gasteiger partial charge in [0.05, 0.1) is 6.04 Å². The second-order valence-corrected chi connectivity index (χ2v) is 7.74. The van der Waals surface area contributed by atoms with Gasteiger partial charge in [-0.2, -0.15) is 0 Å². The number of nitrogens with two attached hydrogens (primary N) is 1. The maximum Gasteiger partial charge on any atom is 0.347 e. The molecular formula is C26H23FN4O2. The number of carbonyl (C=O) groups excluding carboxylic acids is 1. The average Bonchev–Trinajstić information content (AvgIpc) is 2.82. The Labute approximate surface area is 190 Å². The van der Waals surface area contributed by atoms with Crippen LogP contribution in [0.5, 0.6) is 0 Å². The van der Waals surface area contributed by atoms with Crippen LogP contribution in [0.1, 0.15) is 17.0 Å². The van der Waals surface area contributed by atoms with E-state index in [9.17, 15) is 14.0 Å². The molecule has 6 nitrogen and oxygen atoms in total. The van der Waals surface area contributed by atoms with Crippen LogP contribution < -0.4 is 16.7 Å². The van der Waals surface area contributed by atoms with Crippen molar-refractivity contribution >= 4 is 11.6 Å². The van der Waals surface area contributed by atoms with Crippen molar-refractivity contribution in [1.82, 2.24) is 9.55 Å². The molecule has 0 aliphatic rings. The number of anilines is 1. The summed E-state index contributed by atoms with van der Waals surface area (Å²) in [6, 6.07) is 22.6. The lowest BCUT2D eigenvalue weighted by Gasteiger charge is -2.24. The number of halogens is 1. The van der Waals surface area contributed by atoms with Crippen LogP contribution in [0, 0.1) is 5.82 Å². The number of amides is 1. The van der Waals surface area contributed by atoms with Gasteiger partial charge in [0.25, 0.3) is 0 Å². The van der Waals surface area contributed by atoms with E-state index in [0.29, 0.717) is 5.56 Å². The minimum atomic E-state index is -0.898. The molecule has 0 saturated heterocycles. The van der Waals surface area contributed by atoms with Gasteiger partial charge in [-0.25, -0.2) is 14.2 Å². The third-order valence-corrected chi connectivity index (χ3v) is 5.48.